The molecule has 6 heteroatoms. The normalized spacial score (nSPS) is 13.9. The molecule has 0 saturated heterocycles. The Morgan fingerprint density at radius 2 is 2.05 bits per heavy atom. The number of fused-ring (bicyclic) bond motifs is 1. The van der Waals surface area contributed by atoms with Crippen LogP contribution in [0.5, 0.6) is 0 Å². The molecule has 0 radical (unpaired) electrons. The highest BCUT2D eigenvalue weighted by Crippen LogP contribution is 2.26. The summed E-state index contributed by atoms with van der Waals surface area (Å²) < 4.78 is 0. The molecule has 0 aliphatic rings. The molecule has 112 valence electrons. The molecule has 0 amide bonds. The van der Waals surface area contributed by atoms with Gasteiger partial charge in [-0.3, -0.25) is 0 Å². The van der Waals surface area contributed by atoms with Crippen LogP contribution >= 0.6 is 11.8 Å². The minimum absolute atomic E-state index is 0.0107. The van der Waals surface area contributed by atoms with E-state index >= 15 is 0 Å². The fourth-order valence-electron chi connectivity index (χ4n) is 2.22. The molecule has 0 fully saturated rings. The third-order valence-electron chi connectivity index (χ3n) is 3.43. The smallest absolute Gasteiger partial charge is 0.337 e. The first-order chi connectivity index (χ1) is 10.1. The average Bonchev–Trinajstić information content (AvgIpc) is 2.48. The Morgan fingerprint density at radius 3 is 2.62 bits per heavy atom. The molecule has 3 N–H and O–H groups in total. The van der Waals surface area contributed by atoms with E-state index in [2.05, 4.69) is 10.3 Å². The third-order valence-corrected chi connectivity index (χ3v) is 4.59. The molecule has 1 heterocycles. The summed E-state index contributed by atoms with van der Waals surface area (Å²) >= 11 is 1.58. The Hall–Kier alpha value is -1.79. The predicted octanol–water partition coefficient (Wildman–Crippen LogP) is 2.46. The molecule has 2 atom stereocenters. The van der Waals surface area contributed by atoms with Crippen LogP contribution in [0.3, 0.4) is 0 Å². The fraction of sp³-hybridized carbons (Fsp3) is 0.333. The van der Waals surface area contributed by atoms with Crippen LogP contribution in [0, 0.1) is 0 Å². The quantitative estimate of drug-likeness (QED) is 0.760. The number of carboxylic acid groups (broad SMARTS) is 1. The van der Waals surface area contributed by atoms with Crippen LogP contribution in [0.2, 0.25) is 0 Å². The summed E-state index contributed by atoms with van der Waals surface area (Å²) in [7, 11) is 0. The Labute approximate surface area is 127 Å². The lowest BCUT2D eigenvalue weighted by Crippen LogP contribution is -2.31. The van der Waals surface area contributed by atoms with Crippen molar-refractivity contribution in [2.24, 2.45) is 0 Å². The number of rotatable bonds is 6. The van der Waals surface area contributed by atoms with Gasteiger partial charge in [0.2, 0.25) is 0 Å². The predicted molar refractivity (Wildman–Crippen MR) is 86.2 cm³/mol. The van der Waals surface area contributed by atoms with E-state index in [4.69, 9.17) is 0 Å². The largest absolute Gasteiger partial charge is 0.478 e. The Kier molecular flexibility index (Phi) is 5.03. The van der Waals surface area contributed by atoms with Crippen molar-refractivity contribution in [3.05, 3.63) is 36.0 Å². The topological polar surface area (TPSA) is 82.5 Å². The molecule has 5 nitrogen and oxygen atoms in total. The number of aromatic carboxylic acids is 1. The SMILES string of the molecule is CSC(CO)C(C)Nc1ncc(C(=O)O)c2ccccc12. The van der Waals surface area contributed by atoms with Gasteiger partial charge in [-0.25, -0.2) is 9.78 Å². The van der Waals surface area contributed by atoms with E-state index < -0.39 is 5.97 Å². The van der Waals surface area contributed by atoms with Crippen LogP contribution in [0.15, 0.2) is 30.5 Å². The summed E-state index contributed by atoms with van der Waals surface area (Å²) in [5.41, 5.74) is 0.187. The van der Waals surface area contributed by atoms with Gasteiger partial charge in [-0.1, -0.05) is 24.3 Å². The van der Waals surface area contributed by atoms with Crippen LogP contribution in [-0.4, -0.2) is 45.3 Å². The molecule has 0 aliphatic carbocycles. The summed E-state index contributed by atoms with van der Waals surface area (Å²) in [6, 6.07) is 7.28. The van der Waals surface area contributed by atoms with E-state index in [0.29, 0.717) is 11.2 Å². The first-order valence-electron chi connectivity index (χ1n) is 6.59. The number of anilines is 1. The van der Waals surface area contributed by atoms with Gasteiger partial charge < -0.3 is 15.5 Å². The van der Waals surface area contributed by atoms with Crippen molar-refractivity contribution >= 4 is 34.3 Å². The zero-order valence-corrected chi connectivity index (χ0v) is 12.7. The molecule has 2 aromatic rings. The van der Waals surface area contributed by atoms with Gasteiger partial charge in [0.05, 0.1) is 12.2 Å². The Bertz CT molecular complexity index is 644. The van der Waals surface area contributed by atoms with Crippen LogP contribution < -0.4 is 5.32 Å². The maximum Gasteiger partial charge on any atom is 0.337 e. The number of nitrogens with zero attached hydrogens (tertiary/aromatic N) is 1. The van der Waals surface area contributed by atoms with Crippen molar-refractivity contribution in [1.29, 1.82) is 0 Å². The van der Waals surface area contributed by atoms with Gasteiger partial charge in [-0.05, 0) is 13.2 Å². The van der Waals surface area contributed by atoms with Crippen LogP contribution in [0.25, 0.3) is 10.8 Å². The van der Waals surface area contributed by atoms with Crippen molar-refractivity contribution < 1.29 is 15.0 Å². The summed E-state index contributed by atoms with van der Waals surface area (Å²) in [6.45, 7) is 2.04. The van der Waals surface area contributed by atoms with Crippen LogP contribution in [0.4, 0.5) is 5.82 Å². The number of benzene rings is 1. The lowest BCUT2D eigenvalue weighted by molar-refractivity contribution is 0.0698. The third kappa shape index (κ3) is 3.28. The molecule has 0 aliphatic heterocycles. The molecule has 1 aromatic heterocycles. The molecule has 0 bridgehead atoms. The average molecular weight is 306 g/mol. The first kappa shape index (κ1) is 15.6. The van der Waals surface area contributed by atoms with Gasteiger partial charge in [-0.15, -0.1) is 0 Å². The number of thioether (sulfide) groups is 1. The number of hydrogen-bond donors (Lipinski definition) is 3. The molecule has 1 aromatic carbocycles. The number of nitrogens with one attached hydrogen (secondary N) is 1. The van der Waals surface area contributed by atoms with Crippen molar-refractivity contribution in [3.63, 3.8) is 0 Å². The maximum atomic E-state index is 11.3. The molecule has 2 unspecified atom stereocenters. The van der Waals surface area contributed by atoms with E-state index in [9.17, 15) is 15.0 Å². The van der Waals surface area contributed by atoms with Gasteiger partial charge in [-0.2, -0.15) is 11.8 Å². The molecular formula is C15H18N2O3S. The zero-order valence-electron chi connectivity index (χ0n) is 11.9. The second-order valence-electron chi connectivity index (χ2n) is 4.76. The highest BCUT2D eigenvalue weighted by molar-refractivity contribution is 7.99. The highest BCUT2D eigenvalue weighted by Gasteiger charge is 2.18. The molecule has 0 saturated carbocycles. The van der Waals surface area contributed by atoms with Crippen LogP contribution in [0.1, 0.15) is 17.3 Å². The number of pyridine rings is 1. The monoisotopic (exact) mass is 306 g/mol. The Morgan fingerprint density at radius 1 is 1.38 bits per heavy atom. The van der Waals surface area contributed by atoms with Crippen molar-refractivity contribution in [3.8, 4) is 0 Å². The van der Waals surface area contributed by atoms with Gasteiger partial charge in [0.15, 0.2) is 0 Å². The van der Waals surface area contributed by atoms with E-state index in [1.165, 1.54) is 6.20 Å². The molecule has 0 spiro atoms. The number of aromatic nitrogens is 1. The second-order valence-corrected chi connectivity index (χ2v) is 5.84. The van der Waals surface area contributed by atoms with Crippen molar-refractivity contribution in [2.45, 2.75) is 18.2 Å². The molecule has 2 rings (SSSR count). The fourth-order valence-corrected chi connectivity index (χ4v) is 2.85. The van der Waals surface area contributed by atoms with Crippen LogP contribution in [-0.2, 0) is 0 Å². The maximum absolute atomic E-state index is 11.3. The summed E-state index contributed by atoms with van der Waals surface area (Å²) in [5.74, 6) is -0.355. The lowest BCUT2D eigenvalue weighted by atomic mass is 10.1. The Balaban J connectivity index is 2.42. The zero-order chi connectivity index (χ0) is 15.4. The highest BCUT2D eigenvalue weighted by atomic mass is 32.2. The summed E-state index contributed by atoms with van der Waals surface area (Å²) in [6.07, 6.45) is 3.31. The van der Waals surface area contributed by atoms with E-state index in [-0.39, 0.29) is 23.5 Å². The standard InChI is InChI=1S/C15H18N2O3S/c1-9(13(8-18)21-2)17-14-11-6-4-3-5-10(11)12(7-16-14)15(19)20/h3-7,9,13,18H,8H2,1-2H3,(H,16,17)(H,19,20). The van der Waals surface area contributed by atoms with Gasteiger partial charge in [0.1, 0.15) is 5.82 Å². The number of carboxylic acids is 1. The summed E-state index contributed by atoms with van der Waals surface area (Å²) in [5, 5.41) is 23.3. The van der Waals surface area contributed by atoms with E-state index in [0.717, 1.165) is 5.39 Å². The van der Waals surface area contributed by atoms with E-state index in [1.807, 2.05) is 25.3 Å². The number of hydrogen-bond acceptors (Lipinski definition) is 5. The second kappa shape index (κ2) is 6.78. The number of aliphatic hydroxyl groups is 1. The summed E-state index contributed by atoms with van der Waals surface area (Å²) in [4.78, 5) is 15.5. The minimum Gasteiger partial charge on any atom is -0.478 e. The van der Waals surface area contributed by atoms with Gasteiger partial charge >= 0.3 is 5.97 Å². The van der Waals surface area contributed by atoms with E-state index in [1.54, 1.807) is 23.9 Å². The van der Waals surface area contributed by atoms with Crippen molar-refractivity contribution in [2.75, 3.05) is 18.2 Å². The lowest BCUT2D eigenvalue weighted by Gasteiger charge is -2.22. The number of aliphatic hydroxyl groups excluding tert-OH is 1. The number of carbonyl (C=O) groups is 1. The minimum atomic E-state index is -0.990. The van der Waals surface area contributed by atoms with Crippen molar-refractivity contribution in [1.82, 2.24) is 4.98 Å². The first-order valence-corrected chi connectivity index (χ1v) is 7.88. The molecular weight excluding hydrogens is 288 g/mol. The van der Waals surface area contributed by atoms with Gasteiger partial charge in [0, 0.05) is 28.3 Å². The van der Waals surface area contributed by atoms with Gasteiger partial charge in [0.25, 0.3) is 0 Å². The molecule has 21 heavy (non-hydrogen) atoms.